The van der Waals surface area contributed by atoms with Crippen molar-refractivity contribution < 1.29 is 13.9 Å². The maximum atomic E-state index is 13.8. The van der Waals surface area contributed by atoms with Gasteiger partial charge in [-0.05, 0) is 76.5 Å². The quantitative estimate of drug-likeness (QED) is 0.385. The summed E-state index contributed by atoms with van der Waals surface area (Å²) in [6, 6.07) is 10.2. The van der Waals surface area contributed by atoms with Gasteiger partial charge < -0.3 is 19.5 Å². The fourth-order valence-electron chi connectivity index (χ4n) is 4.56. The van der Waals surface area contributed by atoms with Crippen LogP contribution in [0.4, 0.5) is 4.39 Å². The standard InChI is InChI=1S/C27H34ClFN4O2/c1-19(2)30-26(34)18-33-25-11-9-21(35-15-7-14-32-12-5-3-4-6-13-32)17-24(25)31-27(33)20-8-10-23(29)22(28)16-20/h8-11,16-17,19H,3-7,12-15,18H2,1-2H3,(H,30,34). The molecule has 0 unspecified atom stereocenters. The fraction of sp³-hybridized carbons (Fsp3) is 0.481. The van der Waals surface area contributed by atoms with Crippen LogP contribution in [0.15, 0.2) is 36.4 Å². The lowest BCUT2D eigenvalue weighted by molar-refractivity contribution is -0.122. The van der Waals surface area contributed by atoms with Crippen molar-refractivity contribution in [3.8, 4) is 17.1 Å². The van der Waals surface area contributed by atoms with Crippen LogP contribution in [0.1, 0.15) is 46.0 Å². The maximum absolute atomic E-state index is 13.8. The van der Waals surface area contributed by atoms with E-state index in [0.717, 1.165) is 24.2 Å². The molecule has 1 aliphatic heterocycles. The first-order valence-electron chi connectivity index (χ1n) is 12.5. The van der Waals surface area contributed by atoms with Gasteiger partial charge >= 0.3 is 0 Å². The largest absolute Gasteiger partial charge is 0.493 e. The number of fused-ring (bicyclic) bond motifs is 1. The number of imidazole rings is 1. The smallest absolute Gasteiger partial charge is 0.240 e. The van der Waals surface area contributed by atoms with Gasteiger partial charge in [-0.25, -0.2) is 9.37 Å². The van der Waals surface area contributed by atoms with E-state index in [1.807, 2.05) is 36.6 Å². The lowest BCUT2D eigenvalue weighted by atomic mass is 10.2. The molecule has 0 atom stereocenters. The minimum atomic E-state index is -0.494. The van der Waals surface area contributed by atoms with Gasteiger partial charge in [-0.2, -0.15) is 0 Å². The summed E-state index contributed by atoms with van der Waals surface area (Å²) in [5, 5.41) is 2.93. The number of likely N-dealkylation sites (tertiary alicyclic amines) is 1. The van der Waals surface area contributed by atoms with Crippen LogP contribution in [0, 0.1) is 5.82 Å². The summed E-state index contributed by atoms with van der Waals surface area (Å²) in [7, 11) is 0. The maximum Gasteiger partial charge on any atom is 0.240 e. The van der Waals surface area contributed by atoms with Crippen LogP contribution in [-0.4, -0.2) is 52.6 Å². The molecule has 0 bridgehead atoms. The number of nitrogens with zero attached hydrogens (tertiary/aromatic N) is 3. The third-order valence-corrected chi connectivity index (χ3v) is 6.52. The van der Waals surface area contributed by atoms with E-state index in [4.69, 9.17) is 21.3 Å². The number of hydrogen-bond acceptors (Lipinski definition) is 4. The lowest BCUT2D eigenvalue weighted by Crippen LogP contribution is -2.33. The predicted molar refractivity (Wildman–Crippen MR) is 138 cm³/mol. The number of carbonyl (C=O) groups excluding carboxylic acids is 1. The number of halogens is 2. The minimum absolute atomic E-state index is 0.0150. The Morgan fingerprint density at radius 3 is 2.63 bits per heavy atom. The Hall–Kier alpha value is -2.64. The first-order valence-corrected chi connectivity index (χ1v) is 12.9. The molecule has 3 aromatic rings. The lowest BCUT2D eigenvalue weighted by Gasteiger charge is -2.19. The second kappa shape index (κ2) is 11.9. The Morgan fingerprint density at radius 1 is 1.14 bits per heavy atom. The third-order valence-electron chi connectivity index (χ3n) is 6.23. The van der Waals surface area contributed by atoms with Crippen LogP contribution in [0.5, 0.6) is 5.75 Å². The Bertz CT molecular complexity index is 1160. The molecule has 8 heteroatoms. The summed E-state index contributed by atoms with van der Waals surface area (Å²) in [5.74, 6) is 0.682. The van der Waals surface area contributed by atoms with Crippen molar-refractivity contribution in [3.05, 3.63) is 47.2 Å². The molecule has 0 aliphatic carbocycles. The molecule has 35 heavy (non-hydrogen) atoms. The molecule has 1 amide bonds. The van der Waals surface area contributed by atoms with Crippen molar-refractivity contribution >= 4 is 28.5 Å². The van der Waals surface area contributed by atoms with Gasteiger partial charge in [0.2, 0.25) is 5.91 Å². The molecule has 2 heterocycles. The van der Waals surface area contributed by atoms with E-state index < -0.39 is 5.82 Å². The molecule has 1 saturated heterocycles. The van der Waals surface area contributed by atoms with Gasteiger partial charge in [0.05, 0.1) is 22.7 Å². The van der Waals surface area contributed by atoms with E-state index in [2.05, 4.69) is 10.2 Å². The highest BCUT2D eigenvalue weighted by Crippen LogP contribution is 2.30. The summed E-state index contributed by atoms with van der Waals surface area (Å²) in [5.41, 5.74) is 2.16. The van der Waals surface area contributed by atoms with Crippen LogP contribution in [0.2, 0.25) is 5.02 Å². The van der Waals surface area contributed by atoms with Gasteiger partial charge in [0.1, 0.15) is 23.9 Å². The normalized spacial score (nSPS) is 14.9. The van der Waals surface area contributed by atoms with Gasteiger partial charge in [-0.15, -0.1) is 0 Å². The molecule has 2 aromatic carbocycles. The van der Waals surface area contributed by atoms with Crippen LogP contribution < -0.4 is 10.1 Å². The summed E-state index contributed by atoms with van der Waals surface area (Å²) in [6.07, 6.45) is 6.23. The van der Waals surface area contributed by atoms with Gasteiger partial charge in [0.25, 0.3) is 0 Å². The van der Waals surface area contributed by atoms with Crippen LogP contribution in [0.25, 0.3) is 22.4 Å². The van der Waals surface area contributed by atoms with Gasteiger partial charge in [-0.3, -0.25) is 4.79 Å². The second-order valence-corrected chi connectivity index (χ2v) is 9.89. The molecule has 6 nitrogen and oxygen atoms in total. The number of hydrogen-bond donors (Lipinski definition) is 1. The Labute approximate surface area is 211 Å². The molecule has 188 valence electrons. The van der Waals surface area contributed by atoms with Crippen molar-refractivity contribution in [2.24, 2.45) is 0 Å². The van der Waals surface area contributed by atoms with Gasteiger partial charge in [0.15, 0.2) is 0 Å². The summed E-state index contributed by atoms with van der Waals surface area (Å²) in [4.78, 5) is 19.9. The number of nitrogens with one attached hydrogen (secondary N) is 1. The van der Waals surface area contributed by atoms with Crippen molar-refractivity contribution in [3.63, 3.8) is 0 Å². The monoisotopic (exact) mass is 500 g/mol. The molecular formula is C27H34ClFN4O2. The van der Waals surface area contributed by atoms with E-state index in [9.17, 15) is 9.18 Å². The fourth-order valence-corrected chi connectivity index (χ4v) is 4.74. The van der Waals surface area contributed by atoms with Crippen molar-refractivity contribution in [1.82, 2.24) is 19.8 Å². The zero-order chi connectivity index (χ0) is 24.8. The predicted octanol–water partition coefficient (Wildman–Crippen LogP) is 5.67. The number of rotatable bonds is 9. The summed E-state index contributed by atoms with van der Waals surface area (Å²) in [6.45, 7) is 7.99. The molecule has 1 fully saturated rings. The highest BCUT2D eigenvalue weighted by molar-refractivity contribution is 6.31. The van der Waals surface area contributed by atoms with E-state index in [1.54, 1.807) is 6.07 Å². The van der Waals surface area contributed by atoms with E-state index in [0.29, 0.717) is 23.5 Å². The minimum Gasteiger partial charge on any atom is -0.493 e. The molecule has 0 spiro atoms. The van der Waals surface area contributed by atoms with Crippen LogP contribution >= 0.6 is 11.6 Å². The zero-order valence-corrected chi connectivity index (χ0v) is 21.3. The number of aromatic nitrogens is 2. The molecular weight excluding hydrogens is 467 g/mol. The summed E-state index contributed by atoms with van der Waals surface area (Å²) >= 11 is 6.04. The topological polar surface area (TPSA) is 59.4 Å². The summed E-state index contributed by atoms with van der Waals surface area (Å²) < 4.78 is 21.6. The Morgan fingerprint density at radius 2 is 1.91 bits per heavy atom. The molecule has 1 N–H and O–H groups in total. The van der Waals surface area contributed by atoms with Crippen molar-refractivity contribution in [1.29, 1.82) is 0 Å². The Kier molecular flexibility index (Phi) is 8.63. The average molecular weight is 501 g/mol. The highest BCUT2D eigenvalue weighted by atomic mass is 35.5. The average Bonchev–Trinajstić information content (AvgIpc) is 2.98. The number of amides is 1. The van der Waals surface area contributed by atoms with E-state index in [1.165, 1.54) is 50.9 Å². The van der Waals surface area contributed by atoms with Gasteiger partial charge in [-0.1, -0.05) is 24.4 Å². The molecule has 1 aromatic heterocycles. The SMILES string of the molecule is CC(C)NC(=O)Cn1c(-c2ccc(F)c(Cl)c2)nc2cc(OCCCN3CCCCCC3)ccc21. The van der Waals surface area contributed by atoms with E-state index in [-0.39, 0.29) is 23.5 Å². The molecule has 4 rings (SSSR count). The van der Waals surface area contributed by atoms with Crippen molar-refractivity contribution in [2.75, 3.05) is 26.2 Å². The molecule has 0 saturated carbocycles. The first-order chi connectivity index (χ1) is 16.9. The van der Waals surface area contributed by atoms with Gasteiger partial charge in [0, 0.05) is 24.2 Å². The van der Waals surface area contributed by atoms with Crippen LogP contribution in [0.3, 0.4) is 0 Å². The number of benzene rings is 2. The molecule has 1 aliphatic rings. The third kappa shape index (κ3) is 6.73. The van der Waals surface area contributed by atoms with Crippen LogP contribution in [-0.2, 0) is 11.3 Å². The molecule has 0 radical (unpaired) electrons. The Balaban J connectivity index is 1.52. The second-order valence-electron chi connectivity index (χ2n) is 9.48. The number of ether oxygens (including phenoxy) is 1. The highest BCUT2D eigenvalue weighted by Gasteiger charge is 2.18. The first kappa shape index (κ1) is 25.5. The van der Waals surface area contributed by atoms with Crippen molar-refractivity contribution in [2.45, 2.75) is 58.5 Å². The number of carbonyl (C=O) groups is 1. The van der Waals surface area contributed by atoms with E-state index >= 15 is 0 Å². The zero-order valence-electron chi connectivity index (χ0n) is 20.5.